The van der Waals surface area contributed by atoms with Crippen LogP contribution < -0.4 is 5.32 Å². The maximum absolute atomic E-state index is 13.3. The fraction of sp³-hybridized carbons (Fsp3) is 0.417. The first-order chi connectivity index (χ1) is 15.0. The summed E-state index contributed by atoms with van der Waals surface area (Å²) in [5, 5.41) is 2.91. The molecular formula is C24H31N5O2. The minimum absolute atomic E-state index is 0.0635. The van der Waals surface area contributed by atoms with Crippen LogP contribution in [0.1, 0.15) is 56.7 Å². The number of nitrogens with zero attached hydrogens (tertiary/aromatic N) is 4. The Morgan fingerprint density at radius 3 is 2.32 bits per heavy atom. The third kappa shape index (κ3) is 5.10. The van der Waals surface area contributed by atoms with Gasteiger partial charge in [-0.25, -0.2) is 4.98 Å². The molecule has 1 N–H and O–H groups in total. The molecule has 2 heterocycles. The molecule has 2 unspecified atom stereocenters. The van der Waals surface area contributed by atoms with E-state index in [0.717, 1.165) is 23.9 Å². The normalized spacial score (nSPS) is 13.0. The molecule has 7 heteroatoms. The summed E-state index contributed by atoms with van der Waals surface area (Å²) in [5.41, 5.74) is 2.23. The van der Waals surface area contributed by atoms with Crippen molar-refractivity contribution in [1.29, 1.82) is 0 Å². The minimum Gasteiger partial charge on any atom is -0.345 e. The monoisotopic (exact) mass is 421 g/mol. The van der Waals surface area contributed by atoms with E-state index in [-0.39, 0.29) is 37.0 Å². The van der Waals surface area contributed by atoms with E-state index in [2.05, 4.69) is 43.0 Å². The summed E-state index contributed by atoms with van der Waals surface area (Å²) in [6.07, 6.45) is 4.97. The van der Waals surface area contributed by atoms with E-state index in [1.165, 1.54) is 0 Å². The number of hydrogen-bond acceptors (Lipinski definition) is 4. The van der Waals surface area contributed by atoms with Crippen LogP contribution in [-0.4, -0.2) is 43.3 Å². The summed E-state index contributed by atoms with van der Waals surface area (Å²) in [6.45, 7) is 8.79. The topological polar surface area (TPSA) is 80.1 Å². The molecule has 0 saturated heterocycles. The van der Waals surface area contributed by atoms with E-state index in [9.17, 15) is 9.59 Å². The Morgan fingerprint density at radius 1 is 1.03 bits per heavy atom. The second-order valence-corrected chi connectivity index (χ2v) is 7.84. The molecule has 0 aliphatic heterocycles. The zero-order valence-electron chi connectivity index (χ0n) is 18.7. The Balaban J connectivity index is 1.86. The van der Waals surface area contributed by atoms with Gasteiger partial charge in [-0.05, 0) is 51.0 Å². The van der Waals surface area contributed by atoms with Crippen molar-refractivity contribution < 1.29 is 9.59 Å². The summed E-state index contributed by atoms with van der Waals surface area (Å²) in [6, 6.07) is 11.4. The number of pyridine rings is 1. The van der Waals surface area contributed by atoms with Gasteiger partial charge in [0.05, 0.1) is 17.6 Å². The Labute approximate surface area is 183 Å². The van der Waals surface area contributed by atoms with Crippen molar-refractivity contribution in [3.8, 4) is 0 Å². The summed E-state index contributed by atoms with van der Waals surface area (Å²) in [5.74, 6) is 0.520. The molecule has 0 bridgehead atoms. The van der Waals surface area contributed by atoms with Crippen LogP contribution in [0.15, 0.2) is 48.8 Å². The summed E-state index contributed by atoms with van der Waals surface area (Å²) in [4.78, 5) is 36.4. The van der Waals surface area contributed by atoms with Gasteiger partial charge in [0.25, 0.3) is 5.91 Å². The Hall–Kier alpha value is -3.22. The number of hydrogen-bond donors (Lipinski definition) is 1. The molecular weight excluding hydrogens is 390 g/mol. The van der Waals surface area contributed by atoms with Crippen molar-refractivity contribution in [2.75, 3.05) is 0 Å². The van der Waals surface area contributed by atoms with E-state index >= 15 is 0 Å². The SMILES string of the molecule is CCC(C)N(C(=O)Cn1c(CNC(=O)c2ccncc2)nc2ccccc21)C(C)CC. The number of carbonyl (C=O) groups excluding carboxylic acids is 2. The van der Waals surface area contributed by atoms with Crippen LogP contribution in [0.3, 0.4) is 0 Å². The largest absolute Gasteiger partial charge is 0.345 e. The van der Waals surface area contributed by atoms with Crippen LogP contribution in [0.2, 0.25) is 0 Å². The van der Waals surface area contributed by atoms with Gasteiger partial charge in [-0.1, -0.05) is 26.0 Å². The fourth-order valence-electron chi connectivity index (χ4n) is 3.74. The maximum atomic E-state index is 13.3. The van der Waals surface area contributed by atoms with Crippen LogP contribution >= 0.6 is 0 Å². The highest BCUT2D eigenvalue weighted by Gasteiger charge is 2.25. The maximum Gasteiger partial charge on any atom is 0.251 e. The number of benzene rings is 1. The minimum atomic E-state index is -0.201. The summed E-state index contributed by atoms with van der Waals surface area (Å²) in [7, 11) is 0. The number of para-hydroxylation sites is 2. The van der Waals surface area contributed by atoms with Gasteiger partial charge < -0.3 is 14.8 Å². The number of fused-ring (bicyclic) bond motifs is 1. The van der Waals surface area contributed by atoms with Crippen LogP contribution in [-0.2, 0) is 17.9 Å². The van der Waals surface area contributed by atoms with Crippen molar-refractivity contribution in [2.24, 2.45) is 0 Å². The number of imidazole rings is 1. The molecule has 7 nitrogen and oxygen atoms in total. The van der Waals surface area contributed by atoms with E-state index in [1.807, 2.05) is 33.7 Å². The molecule has 31 heavy (non-hydrogen) atoms. The quantitative estimate of drug-likeness (QED) is 0.570. The molecule has 0 aliphatic rings. The van der Waals surface area contributed by atoms with Gasteiger partial charge in [0.15, 0.2) is 0 Å². The Morgan fingerprint density at radius 2 is 1.68 bits per heavy atom. The van der Waals surface area contributed by atoms with Gasteiger partial charge in [0.2, 0.25) is 5.91 Å². The second-order valence-electron chi connectivity index (χ2n) is 7.84. The molecule has 2 amide bonds. The van der Waals surface area contributed by atoms with E-state index in [1.54, 1.807) is 24.5 Å². The molecule has 1 aromatic carbocycles. The molecule has 0 radical (unpaired) electrons. The fourth-order valence-corrected chi connectivity index (χ4v) is 3.74. The molecule has 2 atom stereocenters. The average Bonchev–Trinajstić information content (AvgIpc) is 3.15. The smallest absolute Gasteiger partial charge is 0.251 e. The molecule has 0 aliphatic carbocycles. The lowest BCUT2D eigenvalue weighted by molar-refractivity contribution is -0.136. The first-order valence-corrected chi connectivity index (χ1v) is 10.9. The number of aromatic nitrogens is 3. The molecule has 0 saturated carbocycles. The van der Waals surface area contributed by atoms with Crippen LogP contribution in [0.25, 0.3) is 11.0 Å². The van der Waals surface area contributed by atoms with Crippen molar-refractivity contribution >= 4 is 22.8 Å². The third-order valence-electron chi connectivity index (χ3n) is 5.80. The average molecular weight is 422 g/mol. The predicted octanol–water partition coefficient (Wildman–Crippen LogP) is 3.79. The molecule has 164 valence electrons. The van der Waals surface area contributed by atoms with Crippen molar-refractivity contribution in [2.45, 2.75) is 65.7 Å². The lowest BCUT2D eigenvalue weighted by atomic mass is 10.1. The third-order valence-corrected chi connectivity index (χ3v) is 5.80. The highest BCUT2D eigenvalue weighted by atomic mass is 16.2. The number of nitrogens with one attached hydrogen (secondary N) is 1. The first-order valence-electron chi connectivity index (χ1n) is 10.9. The van der Waals surface area contributed by atoms with Gasteiger partial charge >= 0.3 is 0 Å². The van der Waals surface area contributed by atoms with Gasteiger partial charge in [-0.3, -0.25) is 14.6 Å². The molecule has 2 aromatic heterocycles. The number of amides is 2. The zero-order valence-corrected chi connectivity index (χ0v) is 18.7. The standard InChI is InChI=1S/C24H31N5O2/c1-5-17(3)29(18(4)6-2)23(30)16-28-21-10-8-7-9-20(21)27-22(28)15-26-24(31)19-11-13-25-14-12-19/h7-14,17-18H,5-6,15-16H2,1-4H3,(H,26,31). The van der Waals surface area contributed by atoms with Crippen LogP contribution in [0, 0.1) is 0 Å². The van der Waals surface area contributed by atoms with E-state index < -0.39 is 0 Å². The molecule has 3 rings (SSSR count). The first kappa shape index (κ1) is 22.5. The van der Waals surface area contributed by atoms with Gasteiger partial charge in [0.1, 0.15) is 12.4 Å². The van der Waals surface area contributed by atoms with Gasteiger partial charge in [-0.2, -0.15) is 0 Å². The van der Waals surface area contributed by atoms with E-state index in [0.29, 0.717) is 11.4 Å². The predicted molar refractivity (Wildman–Crippen MR) is 121 cm³/mol. The Kier molecular flexibility index (Phi) is 7.39. The Bertz CT molecular complexity index is 1020. The van der Waals surface area contributed by atoms with Crippen LogP contribution in [0.4, 0.5) is 0 Å². The highest BCUT2D eigenvalue weighted by Crippen LogP contribution is 2.19. The summed E-state index contributed by atoms with van der Waals surface area (Å²) < 4.78 is 1.92. The zero-order chi connectivity index (χ0) is 22.4. The number of rotatable bonds is 9. The van der Waals surface area contributed by atoms with Crippen molar-refractivity contribution in [3.05, 3.63) is 60.2 Å². The van der Waals surface area contributed by atoms with Gasteiger partial charge in [0, 0.05) is 30.0 Å². The second kappa shape index (κ2) is 10.2. The molecule has 3 aromatic rings. The molecule has 0 spiro atoms. The van der Waals surface area contributed by atoms with Crippen molar-refractivity contribution in [3.63, 3.8) is 0 Å². The highest BCUT2D eigenvalue weighted by molar-refractivity contribution is 5.94. The lowest BCUT2D eigenvalue weighted by Crippen LogP contribution is -2.46. The number of carbonyl (C=O) groups is 2. The van der Waals surface area contributed by atoms with Crippen LogP contribution in [0.5, 0.6) is 0 Å². The van der Waals surface area contributed by atoms with E-state index in [4.69, 9.17) is 0 Å². The molecule has 0 fully saturated rings. The van der Waals surface area contributed by atoms with Crippen molar-refractivity contribution in [1.82, 2.24) is 24.8 Å². The van der Waals surface area contributed by atoms with Gasteiger partial charge in [-0.15, -0.1) is 0 Å². The summed E-state index contributed by atoms with van der Waals surface area (Å²) >= 11 is 0. The lowest BCUT2D eigenvalue weighted by Gasteiger charge is -2.34.